The highest BCUT2D eigenvalue weighted by molar-refractivity contribution is 5.28. The van der Waals surface area contributed by atoms with Gasteiger partial charge in [0.15, 0.2) is 0 Å². The Bertz CT molecular complexity index is 406. The van der Waals surface area contributed by atoms with Crippen LogP contribution in [-0.2, 0) is 7.05 Å². The summed E-state index contributed by atoms with van der Waals surface area (Å²) in [5.41, 5.74) is 3.89. The average Bonchev–Trinajstić information content (AvgIpc) is 2.49. The summed E-state index contributed by atoms with van der Waals surface area (Å²) < 4.78 is 2.00. The topological polar surface area (TPSA) is 33.1 Å². The van der Waals surface area contributed by atoms with E-state index in [0.29, 0.717) is 12.1 Å². The monoisotopic (exact) mass is 250 g/mol. The van der Waals surface area contributed by atoms with Crippen molar-refractivity contribution < 1.29 is 0 Å². The van der Waals surface area contributed by atoms with Crippen LogP contribution in [0.3, 0.4) is 0 Å². The van der Waals surface area contributed by atoms with Crippen molar-refractivity contribution >= 4 is 0 Å². The molecule has 18 heavy (non-hydrogen) atoms. The Kier molecular flexibility index (Phi) is 4.07. The van der Waals surface area contributed by atoms with E-state index in [-0.39, 0.29) is 0 Å². The highest BCUT2D eigenvalue weighted by Gasteiger charge is 2.30. The molecule has 4 heteroatoms. The highest BCUT2D eigenvalue weighted by atomic mass is 15.3. The second-order valence-electron chi connectivity index (χ2n) is 5.43. The molecule has 1 atom stereocenters. The minimum Gasteiger partial charge on any atom is -0.314 e. The summed E-state index contributed by atoms with van der Waals surface area (Å²) in [6.07, 6.45) is 1.21. The summed E-state index contributed by atoms with van der Waals surface area (Å²) in [4.78, 5) is 2.63. The summed E-state index contributed by atoms with van der Waals surface area (Å²) in [6, 6.07) is 1.16. The van der Waals surface area contributed by atoms with Crippen molar-refractivity contribution in [3.05, 3.63) is 17.0 Å². The smallest absolute Gasteiger partial charge is 0.0644 e. The van der Waals surface area contributed by atoms with Gasteiger partial charge in [-0.05, 0) is 33.7 Å². The van der Waals surface area contributed by atoms with E-state index >= 15 is 0 Å². The molecule has 0 aromatic carbocycles. The first-order valence-electron chi connectivity index (χ1n) is 7.02. The van der Waals surface area contributed by atoms with E-state index in [1.807, 2.05) is 11.7 Å². The van der Waals surface area contributed by atoms with Crippen molar-refractivity contribution in [3.8, 4) is 0 Å². The number of rotatable bonds is 5. The van der Waals surface area contributed by atoms with Crippen molar-refractivity contribution in [2.24, 2.45) is 7.05 Å². The normalized spacial score (nSPS) is 18.1. The van der Waals surface area contributed by atoms with E-state index in [9.17, 15) is 0 Å². The third-order valence-corrected chi connectivity index (χ3v) is 4.19. The zero-order valence-corrected chi connectivity index (χ0v) is 12.3. The average molecular weight is 250 g/mol. The minimum absolute atomic E-state index is 0.464. The first-order valence-corrected chi connectivity index (χ1v) is 7.02. The van der Waals surface area contributed by atoms with Gasteiger partial charge < -0.3 is 5.32 Å². The molecule has 0 spiro atoms. The molecule has 102 valence electrons. The van der Waals surface area contributed by atoms with Gasteiger partial charge in [0.05, 0.1) is 5.69 Å². The van der Waals surface area contributed by atoms with Crippen LogP contribution in [0.1, 0.15) is 43.3 Å². The molecule has 0 aliphatic carbocycles. The highest BCUT2D eigenvalue weighted by Crippen LogP contribution is 2.28. The van der Waals surface area contributed by atoms with Gasteiger partial charge in [0, 0.05) is 43.5 Å². The molecule has 1 aromatic heterocycles. The van der Waals surface area contributed by atoms with Gasteiger partial charge >= 0.3 is 0 Å². The second kappa shape index (κ2) is 5.41. The molecular weight excluding hydrogens is 224 g/mol. The third-order valence-electron chi connectivity index (χ3n) is 4.19. The first-order chi connectivity index (χ1) is 8.56. The van der Waals surface area contributed by atoms with Gasteiger partial charge in [0.1, 0.15) is 0 Å². The SMILES string of the molecule is CCCN(C1CNC1)C(C)c1c(C)nn(C)c1C. The second-order valence-corrected chi connectivity index (χ2v) is 5.43. The lowest BCUT2D eigenvalue weighted by Gasteiger charge is -2.42. The Morgan fingerprint density at radius 2 is 2.11 bits per heavy atom. The zero-order valence-electron chi connectivity index (χ0n) is 12.3. The summed E-state index contributed by atoms with van der Waals surface area (Å²) >= 11 is 0. The largest absolute Gasteiger partial charge is 0.314 e. The van der Waals surface area contributed by atoms with Crippen LogP contribution in [0.15, 0.2) is 0 Å². The van der Waals surface area contributed by atoms with E-state index < -0.39 is 0 Å². The first kappa shape index (κ1) is 13.6. The Labute approximate surface area is 110 Å². The van der Waals surface area contributed by atoms with Crippen molar-refractivity contribution in [2.45, 2.75) is 46.2 Å². The fraction of sp³-hybridized carbons (Fsp3) is 0.786. The van der Waals surface area contributed by atoms with E-state index in [1.165, 1.54) is 29.9 Å². The van der Waals surface area contributed by atoms with Crippen LogP contribution in [0, 0.1) is 13.8 Å². The predicted octanol–water partition coefficient (Wildman–Crippen LogP) is 1.78. The van der Waals surface area contributed by atoms with Crippen LogP contribution in [0.2, 0.25) is 0 Å². The molecule has 0 amide bonds. The molecule has 4 nitrogen and oxygen atoms in total. The number of aryl methyl sites for hydroxylation is 2. The predicted molar refractivity (Wildman–Crippen MR) is 74.8 cm³/mol. The van der Waals surface area contributed by atoms with Gasteiger partial charge in [-0.25, -0.2) is 0 Å². The van der Waals surface area contributed by atoms with Gasteiger partial charge in [-0.15, -0.1) is 0 Å². The summed E-state index contributed by atoms with van der Waals surface area (Å²) in [7, 11) is 2.04. The van der Waals surface area contributed by atoms with Gasteiger partial charge in [0.25, 0.3) is 0 Å². The zero-order chi connectivity index (χ0) is 13.3. The minimum atomic E-state index is 0.464. The molecule has 1 aromatic rings. The van der Waals surface area contributed by atoms with Crippen molar-refractivity contribution in [1.82, 2.24) is 20.0 Å². The lowest BCUT2D eigenvalue weighted by molar-refractivity contribution is 0.102. The Morgan fingerprint density at radius 3 is 2.50 bits per heavy atom. The van der Waals surface area contributed by atoms with E-state index in [4.69, 9.17) is 0 Å². The lowest BCUT2D eigenvalue weighted by Crippen LogP contribution is -2.57. The molecule has 1 aliphatic heterocycles. The fourth-order valence-electron chi connectivity index (χ4n) is 3.02. The molecule has 0 bridgehead atoms. The maximum atomic E-state index is 4.55. The van der Waals surface area contributed by atoms with E-state index in [0.717, 1.165) is 13.1 Å². The van der Waals surface area contributed by atoms with Crippen LogP contribution in [0.4, 0.5) is 0 Å². The van der Waals surface area contributed by atoms with Crippen LogP contribution in [0.5, 0.6) is 0 Å². The van der Waals surface area contributed by atoms with Crippen LogP contribution < -0.4 is 5.32 Å². The molecule has 2 rings (SSSR count). The molecule has 1 saturated heterocycles. The Hall–Kier alpha value is -0.870. The van der Waals surface area contributed by atoms with Crippen molar-refractivity contribution in [3.63, 3.8) is 0 Å². The fourth-order valence-corrected chi connectivity index (χ4v) is 3.02. The molecule has 0 radical (unpaired) electrons. The number of aromatic nitrogens is 2. The molecule has 1 unspecified atom stereocenters. The Morgan fingerprint density at radius 1 is 1.44 bits per heavy atom. The molecule has 1 fully saturated rings. The van der Waals surface area contributed by atoms with Gasteiger partial charge in [-0.3, -0.25) is 9.58 Å². The molecule has 1 aliphatic rings. The van der Waals surface area contributed by atoms with Crippen LogP contribution in [-0.4, -0.2) is 40.4 Å². The Balaban J connectivity index is 2.23. The van der Waals surface area contributed by atoms with Crippen molar-refractivity contribution in [2.75, 3.05) is 19.6 Å². The third kappa shape index (κ3) is 2.31. The van der Waals surface area contributed by atoms with Crippen LogP contribution >= 0.6 is 0 Å². The lowest BCUT2D eigenvalue weighted by atomic mass is 10.0. The number of nitrogens with zero attached hydrogens (tertiary/aromatic N) is 3. The summed E-state index contributed by atoms with van der Waals surface area (Å²) in [5.74, 6) is 0. The maximum absolute atomic E-state index is 4.55. The number of hydrogen-bond donors (Lipinski definition) is 1. The van der Waals surface area contributed by atoms with E-state index in [1.54, 1.807) is 0 Å². The number of hydrogen-bond acceptors (Lipinski definition) is 3. The molecule has 0 saturated carbocycles. The summed E-state index contributed by atoms with van der Waals surface area (Å²) in [5, 5.41) is 7.93. The van der Waals surface area contributed by atoms with Gasteiger partial charge in [-0.2, -0.15) is 5.10 Å². The molecular formula is C14H26N4. The molecule has 2 heterocycles. The van der Waals surface area contributed by atoms with Gasteiger partial charge in [0.2, 0.25) is 0 Å². The molecule has 1 N–H and O–H groups in total. The van der Waals surface area contributed by atoms with Crippen molar-refractivity contribution in [1.29, 1.82) is 0 Å². The maximum Gasteiger partial charge on any atom is 0.0644 e. The van der Waals surface area contributed by atoms with E-state index in [2.05, 4.69) is 43.0 Å². The standard InChI is InChI=1S/C14H26N4/c1-6-7-18(13-8-15-9-13)12(4)14-10(2)16-17(5)11(14)3/h12-13,15H,6-9H2,1-5H3. The number of nitrogens with one attached hydrogen (secondary N) is 1. The quantitative estimate of drug-likeness (QED) is 0.865. The summed E-state index contributed by atoms with van der Waals surface area (Å²) in [6.45, 7) is 12.3. The van der Waals surface area contributed by atoms with Gasteiger partial charge in [-0.1, -0.05) is 6.92 Å². The van der Waals surface area contributed by atoms with Crippen LogP contribution in [0.25, 0.3) is 0 Å².